The Bertz CT molecular complexity index is 979. The average molecular weight is 360 g/mol. The molecule has 126 valence electrons. The molecule has 1 aliphatic carbocycles. The standard InChI is InChI=1S/C20H13ClF3N/c1-11-9-16(20(22,23)24)18-17(12-5-4-6-13(21)10-12)14-7-2-3-8-15(14)19(18)25-11/h2-10,17H,1H3. The fourth-order valence-electron chi connectivity index (χ4n) is 3.57. The zero-order valence-corrected chi connectivity index (χ0v) is 14.0. The third-order valence-electron chi connectivity index (χ3n) is 4.49. The van der Waals surface area contributed by atoms with E-state index in [-0.39, 0.29) is 5.56 Å². The summed E-state index contributed by atoms with van der Waals surface area (Å²) in [5, 5.41) is 0.497. The first kappa shape index (κ1) is 16.2. The molecule has 0 radical (unpaired) electrons. The minimum absolute atomic E-state index is 0.210. The van der Waals surface area contributed by atoms with Gasteiger partial charge in [0, 0.05) is 27.8 Å². The molecule has 1 nitrogen and oxygen atoms in total. The van der Waals surface area contributed by atoms with Crippen LogP contribution in [0.4, 0.5) is 13.2 Å². The normalized spacial score (nSPS) is 15.8. The highest BCUT2D eigenvalue weighted by molar-refractivity contribution is 6.30. The number of aryl methyl sites for hydroxylation is 1. The summed E-state index contributed by atoms with van der Waals surface area (Å²) in [5.41, 5.74) is 2.65. The summed E-state index contributed by atoms with van der Waals surface area (Å²) in [6, 6.07) is 15.5. The Morgan fingerprint density at radius 3 is 2.48 bits per heavy atom. The van der Waals surface area contributed by atoms with Crippen LogP contribution in [-0.2, 0) is 6.18 Å². The second-order valence-corrected chi connectivity index (χ2v) is 6.58. The molecular weight excluding hydrogens is 347 g/mol. The zero-order valence-electron chi connectivity index (χ0n) is 13.2. The summed E-state index contributed by atoms with van der Waals surface area (Å²) >= 11 is 6.09. The lowest BCUT2D eigenvalue weighted by Gasteiger charge is -2.19. The van der Waals surface area contributed by atoms with Gasteiger partial charge in [0.05, 0.1) is 11.3 Å². The Hall–Kier alpha value is -2.33. The number of benzene rings is 2. The van der Waals surface area contributed by atoms with E-state index in [2.05, 4.69) is 4.98 Å². The number of fused-ring (bicyclic) bond motifs is 3. The molecule has 0 spiro atoms. The van der Waals surface area contributed by atoms with Crippen molar-refractivity contribution in [2.75, 3.05) is 0 Å². The van der Waals surface area contributed by atoms with Crippen LogP contribution in [0.3, 0.4) is 0 Å². The van der Waals surface area contributed by atoms with Gasteiger partial charge >= 0.3 is 6.18 Å². The molecule has 0 N–H and O–H groups in total. The molecule has 0 bridgehead atoms. The monoisotopic (exact) mass is 359 g/mol. The highest BCUT2D eigenvalue weighted by Gasteiger charge is 2.42. The Kier molecular flexibility index (Phi) is 3.62. The zero-order chi connectivity index (χ0) is 17.8. The van der Waals surface area contributed by atoms with E-state index in [4.69, 9.17) is 11.6 Å². The molecule has 25 heavy (non-hydrogen) atoms. The molecule has 0 amide bonds. The molecule has 1 atom stereocenters. The number of alkyl halides is 3. The number of hydrogen-bond donors (Lipinski definition) is 0. The van der Waals surface area contributed by atoms with Crippen LogP contribution in [0.1, 0.15) is 33.9 Å². The van der Waals surface area contributed by atoms with Crippen LogP contribution in [0.5, 0.6) is 0 Å². The molecule has 0 saturated carbocycles. The number of halogens is 4. The molecule has 1 heterocycles. The Morgan fingerprint density at radius 2 is 1.76 bits per heavy atom. The second-order valence-electron chi connectivity index (χ2n) is 6.15. The van der Waals surface area contributed by atoms with E-state index in [1.54, 1.807) is 25.1 Å². The number of hydrogen-bond acceptors (Lipinski definition) is 1. The minimum Gasteiger partial charge on any atom is -0.253 e. The quantitative estimate of drug-likeness (QED) is 0.393. The SMILES string of the molecule is Cc1cc(C(F)(F)F)c2c(n1)-c1ccccc1C2c1cccc(Cl)c1. The van der Waals surface area contributed by atoms with Crippen molar-refractivity contribution in [2.45, 2.75) is 19.0 Å². The minimum atomic E-state index is -4.45. The van der Waals surface area contributed by atoms with Crippen LogP contribution < -0.4 is 0 Å². The van der Waals surface area contributed by atoms with E-state index in [1.807, 2.05) is 30.3 Å². The van der Waals surface area contributed by atoms with E-state index < -0.39 is 17.7 Å². The van der Waals surface area contributed by atoms with Crippen LogP contribution >= 0.6 is 11.6 Å². The van der Waals surface area contributed by atoms with Crippen LogP contribution in [0.15, 0.2) is 54.6 Å². The summed E-state index contributed by atoms with van der Waals surface area (Å²) in [5.74, 6) is -0.533. The molecule has 0 fully saturated rings. The van der Waals surface area contributed by atoms with Crippen molar-refractivity contribution in [3.8, 4) is 11.3 Å². The van der Waals surface area contributed by atoms with Gasteiger partial charge in [0.1, 0.15) is 0 Å². The summed E-state index contributed by atoms with van der Waals surface area (Å²) in [4.78, 5) is 4.43. The molecule has 0 saturated heterocycles. The van der Waals surface area contributed by atoms with Crippen LogP contribution in [0.2, 0.25) is 5.02 Å². The van der Waals surface area contributed by atoms with Crippen LogP contribution in [-0.4, -0.2) is 4.98 Å². The van der Waals surface area contributed by atoms with Crippen molar-refractivity contribution in [2.24, 2.45) is 0 Å². The molecule has 2 aromatic carbocycles. The van der Waals surface area contributed by atoms with Gasteiger partial charge in [0.25, 0.3) is 0 Å². The van der Waals surface area contributed by atoms with E-state index in [0.717, 1.165) is 22.8 Å². The van der Waals surface area contributed by atoms with Crippen LogP contribution in [0.25, 0.3) is 11.3 Å². The van der Waals surface area contributed by atoms with Crippen molar-refractivity contribution in [3.05, 3.63) is 87.6 Å². The fraction of sp³-hybridized carbons (Fsp3) is 0.150. The maximum absolute atomic E-state index is 13.8. The van der Waals surface area contributed by atoms with Crippen molar-refractivity contribution in [3.63, 3.8) is 0 Å². The molecule has 0 aliphatic heterocycles. The molecule has 1 aliphatic rings. The summed E-state index contributed by atoms with van der Waals surface area (Å²) in [7, 11) is 0. The van der Waals surface area contributed by atoms with Gasteiger partial charge in [-0.1, -0.05) is 48.0 Å². The smallest absolute Gasteiger partial charge is 0.253 e. The first-order valence-corrected chi connectivity index (χ1v) is 8.17. The summed E-state index contributed by atoms with van der Waals surface area (Å²) in [6.45, 7) is 1.59. The largest absolute Gasteiger partial charge is 0.416 e. The van der Waals surface area contributed by atoms with Gasteiger partial charge in [-0.15, -0.1) is 0 Å². The Balaban J connectivity index is 2.08. The van der Waals surface area contributed by atoms with Gasteiger partial charge in [-0.25, -0.2) is 0 Å². The highest BCUT2D eigenvalue weighted by Crippen LogP contribution is 2.51. The van der Waals surface area contributed by atoms with Gasteiger partial charge in [-0.2, -0.15) is 13.2 Å². The van der Waals surface area contributed by atoms with E-state index in [9.17, 15) is 13.2 Å². The lowest BCUT2D eigenvalue weighted by atomic mass is 9.87. The topological polar surface area (TPSA) is 12.9 Å². The summed E-state index contributed by atoms with van der Waals surface area (Å²) < 4.78 is 41.3. The maximum Gasteiger partial charge on any atom is 0.416 e. The molecular formula is C20H13ClF3N. The number of nitrogens with zero attached hydrogens (tertiary/aromatic N) is 1. The van der Waals surface area contributed by atoms with E-state index in [1.165, 1.54) is 0 Å². The third kappa shape index (κ3) is 2.61. The molecule has 3 aromatic rings. The van der Waals surface area contributed by atoms with Gasteiger partial charge in [-0.05, 0) is 36.2 Å². The second kappa shape index (κ2) is 5.60. The van der Waals surface area contributed by atoms with Gasteiger partial charge in [0.2, 0.25) is 0 Å². The predicted octanol–water partition coefficient (Wildman–Crippen LogP) is 6.22. The lowest BCUT2D eigenvalue weighted by Crippen LogP contribution is -2.13. The van der Waals surface area contributed by atoms with Crippen molar-refractivity contribution in [1.82, 2.24) is 4.98 Å². The van der Waals surface area contributed by atoms with E-state index in [0.29, 0.717) is 16.4 Å². The third-order valence-corrected chi connectivity index (χ3v) is 4.72. The summed E-state index contributed by atoms with van der Waals surface area (Å²) in [6.07, 6.45) is -4.45. The van der Waals surface area contributed by atoms with Crippen LogP contribution in [0, 0.1) is 6.92 Å². The van der Waals surface area contributed by atoms with Crippen molar-refractivity contribution >= 4 is 11.6 Å². The molecule has 4 rings (SSSR count). The van der Waals surface area contributed by atoms with Gasteiger partial charge in [-0.3, -0.25) is 4.98 Å². The van der Waals surface area contributed by atoms with E-state index >= 15 is 0 Å². The maximum atomic E-state index is 13.8. The number of rotatable bonds is 1. The lowest BCUT2D eigenvalue weighted by molar-refractivity contribution is -0.138. The predicted molar refractivity (Wildman–Crippen MR) is 91.8 cm³/mol. The van der Waals surface area contributed by atoms with Crippen molar-refractivity contribution < 1.29 is 13.2 Å². The Labute approximate surface area is 148 Å². The average Bonchev–Trinajstić information content (AvgIpc) is 2.87. The van der Waals surface area contributed by atoms with Gasteiger partial charge < -0.3 is 0 Å². The van der Waals surface area contributed by atoms with Crippen molar-refractivity contribution in [1.29, 1.82) is 0 Å². The Morgan fingerprint density at radius 1 is 1.00 bits per heavy atom. The first-order valence-electron chi connectivity index (χ1n) is 7.80. The molecule has 1 unspecified atom stereocenters. The van der Waals surface area contributed by atoms with Gasteiger partial charge in [0.15, 0.2) is 0 Å². The first-order chi connectivity index (χ1) is 11.9. The number of aromatic nitrogens is 1. The molecule has 5 heteroatoms. The number of pyridine rings is 1. The highest BCUT2D eigenvalue weighted by atomic mass is 35.5. The molecule has 1 aromatic heterocycles. The fourth-order valence-corrected chi connectivity index (χ4v) is 3.77.